The number of nitrogens with one attached hydrogen (secondary N) is 2. The van der Waals surface area contributed by atoms with Crippen LogP contribution >= 0.6 is 0 Å². The van der Waals surface area contributed by atoms with Crippen molar-refractivity contribution in [2.75, 3.05) is 6.54 Å². The SMILES string of the molecule is Cc1cc2ccccc2n1CCNCc1ccc(C=CC(=O)NO)cc1. The van der Waals surface area contributed by atoms with E-state index in [-0.39, 0.29) is 0 Å². The molecule has 1 amide bonds. The molecule has 0 bridgehead atoms. The highest BCUT2D eigenvalue weighted by Gasteiger charge is 2.04. The van der Waals surface area contributed by atoms with Crippen molar-refractivity contribution in [1.29, 1.82) is 0 Å². The molecule has 0 saturated heterocycles. The van der Waals surface area contributed by atoms with Gasteiger partial charge in [-0.1, -0.05) is 42.5 Å². The maximum Gasteiger partial charge on any atom is 0.267 e. The molecule has 0 spiro atoms. The molecule has 3 aromatic rings. The van der Waals surface area contributed by atoms with Gasteiger partial charge in [-0.15, -0.1) is 0 Å². The smallest absolute Gasteiger partial charge is 0.267 e. The fourth-order valence-corrected chi connectivity index (χ4v) is 3.02. The molecule has 2 aromatic carbocycles. The van der Waals surface area contributed by atoms with Gasteiger partial charge in [0.2, 0.25) is 0 Å². The fraction of sp³-hybridized carbons (Fsp3) is 0.190. The molecule has 0 aliphatic rings. The number of hydroxylamine groups is 1. The van der Waals surface area contributed by atoms with E-state index in [1.165, 1.54) is 28.2 Å². The summed E-state index contributed by atoms with van der Waals surface area (Å²) in [4.78, 5) is 11.0. The lowest BCUT2D eigenvalue weighted by molar-refractivity contribution is -0.124. The Balaban J connectivity index is 1.51. The summed E-state index contributed by atoms with van der Waals surface area (Å²) in [6.07, 6.45) is 2.94. The summed E-state index contributed by atoms with van der Waals surface area (Å²) < 4.78 is 2.34. The van der Waals surface area contributed by atoms with E-state index in [0.29, 0.717) is 0 Å². The Kier molecular flexibility index (Phi) is 5.84. The molecule has 3 rings (SSSR count). The molecule has 5 nitrogen and oxygen atoms in total. The number of aromatic nitrogens is 1. The van der Waals surface area contributed by atoms with Gasteiger partial charge in [-0.05, 0) is 41.6 Å². The van der Waals surface area contributed by atoms with Gasteiger partial charge < -0.3 is 9.88 Å². The number of carbonyl (C=O) groups is 1. The first kappa shape index (κ1) is 17.9. The molecule has 134 valence electrons. The van der Waals surface area contributed by atoms with Crippen molar-refractivity contribution >= 4 is 22.9 Å². The van der Waals surface area contributed by atoms with Gasteiger partial charge in [0.1, 0.15) is 0 Å². The average Bonchev–Trinajstić information content (AvgIpc) is 2.99. The molecule has 0 atom stereocenters. The quantitative estimate of drug-likeness (QED) is 0.265. The summed E-state index contributed by atoms with van der Waals surface area (Å²) in [7, 11) is 0. The molecule has 0 aliphatic carbocycles. The number of hydrogen-bond donors (Lipinski definition) is 3. The van der Waals surface area contributed by atoms with Crippen LogP contribution in [0.5, 0.6) is 0 Å². The minimum Gasteiger partial charge on any atom is -0.344 e. The molecule has 1 heterocycles. The van der Waals surface area contributed by atoms with Crippen LogP contribution in [0, 0.1) is 6.92 Å². The van der Waals surface area contributed by atoms with Crippen LogP contribution in [0.1, 0.15) is 16.8 Å². The minimum absolute atomic E-state index is 0.538. The van der Waals surface area contributed by atoms with Crippen LogP contribution in [0.25, 0.3) is 17.0 Å². The van der Waals surface area contributed by atoms with Gasteiger partial charge in [-0.3, -0.25) is 10.0 Å². The number of hydrogen-bond acceptors (Lipinski definition) is 3. The number of carbonyl (C=O) groups excluding carboxylic acids is 1. The monoisotopic (exact) mass is 349 g/mol. The van der Waals surface area contributed by atoms with E-state index in [1.54, 1.807) is 11.6 Å². The van der Waals surface area contributed by atoms with Gasteiger partial charge in [0, 0.05) is 36.9 Å². The molecular formula is C21H23N3O2. The normalized spacial score (nSPS) is 11.3. The van der Waals surface area contributed by atoms with E-state index in [0.717, 1.165) is 25.2 Å². The third-order valence-electron chi connectivity index (χ3n) is 4.38. The van der Waals surface area contributed by atoms with Gasteiger partial charge in [0.15, 0.2) is 0 Å². The van der Waals surface area contributed by atoms with Gasteiger partial charge in [-0.25, -0.2) is 5.48 Å². The van der Waals surface area contributed by atoms with E-state index in [2.05, 4.69) is 47.1 Å². The van der Waals surface area contributed by atoms with Gasteiger partial charge in [0.25, 0.3) is 5.91 Å². The first-order chi connectivity index (χ1) is 12.7. The van der Waals surface area contributed by atoms with E-state index < -0.39 is 5.91 Å². The Morgan fingerprint density at radius 2 is 1.92 bits per heavy atom. The van der Waals surface area contributed by atoms with Crippen LogP contribution in [-0.2, 0) is 17.9 Å². The summed E-state index contributed by atoms with van der Waals surface area (Å²) >= 11 is 0. The molecule has 0 fully saturated rings. The topological polar surface area (TPSA) is 66.3 Å². The third-order valence-corrected chi connectivity index (χ3v) is 4.38. The van der Waals surface area contributed by atoms with Crippen LogP contribution in [0.3, 0.4) is 0 Å². The molecule has 0 aliphatic heterocycles. The second kappa shape index (κ2) is 8.47. The van der Waals surface area contributed by atoms with Gasteiger partial charge in [0.05, 0.1) is 0 Å². The van der Waals surface area contributed by atoms with Crippen molar-refractivity contribution < 1.29 is 10.0 Å². The third kappa shape index (κ3) is 4.39. The zero-order chi connectivity index (χ0) is 18.4. The Labute approximate surface area is 152 Å². The fourth-order valence-electron chi connectivity index (χ4n) is 3.02. The van der Waals surface area contributed by atoms with Gasteiger partial charge in [-0.2, -0.15) is 0 Å². The van der Waals surface area contributed by atoms with Crippen molar-refractivity contribution in [1.82, 2.24) is 15.4 Å². The second-order valence-electron chi connectivity index (χ2n) is 6.22. The zero-order valence-corrected chi connectivity index (χ0v) is 14.8. The van der Waals surface area contributed by atoms with Crippen LogP contribution in [0.15, 0.2) is 60.7 Å². The summed E-state index contributed by atoms with van der Waals surface area (Å²) in [6.45, 7) is 4.75. The highest BCUT2D eigenvalue weighted by Crippen LogP contribution is 2.18. The zero-order valence-electron chi connectivity index (χ0n) is 14.8. The van der Waals surface area contributed by atoms with Crippen molar-refractivity contribution in [3.8, 4) is 0 Å². The van der Waals surface area contributed by atoms with E-state index >= 15 is 0 Å². The molecule has 3 N–H and O–H groups in total. The lowest BCUT2D eigenvalue weighted by Crippen LogP contribution is -2.19. The Morgan fingerprint density at radius 1 is 1.15 bits per heavy atom. The molecule has 0 unspecified atom stereocenters. The number of nitrogens with zero attached hydrogens (tertiary/aromatic N) is 1. The standard InChI is InChI=1S/C21H23N3O2/c1-16-14-19-4-2-3-5-20(19)24(16)13-12-22-15-18-8-6-17(7-9-18)10-11-21(25)23-26/h2-11,14,22,26H,12-13,15H2,1H3,(H,23,25). The number of para-hydroxylation sites is 1. The molecule has 5 heteroatoms. The van der Waals surface area contributed by atoms with Crippen LogP contribution in [0.4, 0.5) is 0 Å². The van der Waals surface area contributed by atoms with Crippen molar-refractivity contribution in [3.63, 3.8) is 0 Å². The van der Waals surface area contributed by atoms with E-state index in [9.17, 15) is 4.79 Å². The van der Waals surface area contributed by atoms with Crippen LogP contribution in [-0.4, -0.2) is 22.2 Å². The largest absolute Gasteiger partial charge is 0.344 e. The maximum absolute atomic E-state index is 11.0. The summed E-state index contributed by atoms with van der Waals surface area (Å²) in [6, 6.07) is 18.6. The highest BCUT2D eigenvalue weighted by atomic mass is 16.5. The molecule has 1 aromatic heterocycles. The predicted molar refractivity (Wildman–Crippen MR) is 104 cm³/mol. The van der Waals surface area contributed by atoms with E-state index in [1.807, 2.05) is 24.3 Å². The van der Waals surface area contributed by atoms with Crippen molar-refractivity contribution in [2.45, 2.75) is 20.0 Å². The number of fused-ring (bicyclic) bond motifs is 1. The molecule has 0 saturated carbocycles. The highest BCUT2D eigenvalue weighted by molar-refractivity contribution is 5.90. The Morgan fingerprint density at radius 3 is 2.69 bits per heavy atom. The number of benzene rings is 2. The summed E-state index contributed by atoms with van der Waals surface area (Å²) in [5.74, 6) is -0.538. The predicted octanol–water partition coefficient (Wildman–Crippen LogP) is 3.26. The van der Waals surface area contributed by atoms with Crippen LogP contribution in [0.2, 0.25) is 0 Å². The minimum atomic E-state index is -0.538. The Bertz CT molecular complexity index is 911. The molecular weight excluding hydrogens is 326 g/mol. The summed E-state index contributed by atoms with van der Waals surface area (Å²) in [5, 5.41) is 13.2. The average molecular weight is 349 g/mol. The first-order valence-corrected chi connectivity index (χ1v) is 8.64. The van der Waals surface area contributed by atoms with Crippen molar-refractivity contribution in [2.24, 2.45) is 0 Å². The molecule has 26 heavy (non-hydrogen) atoms. The van der Waals surface area contributed by atoms with Crippen LogP contribution < -0.4 is 10.8 Å². The number of rotatable bonds is 7. The maximum atomic E-state index is 11.0. The lowest BCUT2D eigenvalue weighted by atomic mass is 10.1. The van der Waals surface area contributed by atoms with E-state index in [4.69, 9.17) is 5.21 Å². The Hall–Kier alpha value is -2.89. The van der Waals surface area contributed by atoms with Gasteiger partial charge >= 0.3 is 0 Å². The number of aryl methyl sites for hydroxylation is 1. The number of amides is 1. The van der Waals surface area contributed by atoms with Crippen molar-refractivity contribution in [3.05, 3.63) is 77.5 Å². The lowest BCUT2D eigenvalue weighted by Gasteiger charge is -2.10. The second-order valence-corrected chi connectivity index (χ2v) is 6.22. The molecule has 0 radical (unpaired) electrons. The first-order valence-electron chi connectivity index (χ1n) is 8.64. The summed E-state index contributed by atoms with van der Waals surface area (Å²) in [5.41, 5.74) is 6.21.